The zero-order valence-electron chi connectivity index (χ0n) is 15.1. The summed E-state index contributed by atoms with van der Waals surface area (Å²) in [5.74, 6) is -1.04. The van der Waals surface area contributed by atoms with Gasteiger partial charge in [0.15, 0.2) is 5.65 Å². The molecule has 4 nitrogen and oxygen atoms in total. The SMILES string of the molecule is CC(C)(C)OC(=O)n1c(-c2ccc(F)cc2C(F)(F)F)cc2ccc(Cl)nc21. The first-order valence-electron chi connectivity index (χ1n) is 8.15. The number of fused-ring (bicyclic) bond motifs is 1. The average Bonchev–Trinajstić information content (AvgIpc) is 2.90. The molecule has 2 heterocycles. The van der Waals surface area contributed by atoms with Gasteiger partial charge in [0.05, 0.1) is 11.3 Å². The summed E-state index contributed by atoms with van der Waals surface area (Å²) in [6, 6.07) is 6.56. The highest BCUT2D eigenvalue weighted by Gasteiger charge is 2.36. The van der Waals surface area contributed by atoms with E-state index < -0.39 is 29.3 Å². The van der Waals surface area contributed by atoms with E-state index in [1.165, 1.54) is 18.2 Å². The van der Waals surface area contributed by atoms with Gasteiger partial charge in [0, 0.05) is 10.9 Å². The number of rotatable bonds is 1. The molecule has 0 saturated heterocycles. The van der Waals surface area contributed by atoms with E-state index in [9.17, 15) is 22.4 Å². The number of ether oxygens (including phenoxy) is 1. The summed E-state index contributed by atoms with van der Waals surface area (Å²) in [6.45, 7) is 4.86. The van der Waals surface area contributed by atoms with Gasteiger partial charge in [0.2, 0.25) is 0 Å². The Morgan fingerprint density at radius 2 is 1.79 bits per heavy atom. The smallest absolute Gasteiger partial charge is 0.420 e. The Balaban J connectivity index is 2.34. The number of hydrogen-bond acceptors (Lipinski definition) is 3. The van der Waals surface area contributed by atoms with Gasteiger partial charge in [0.1, 0.15) is 16.6 Å². The van der Waals surface area contributed by atoms with Crippen molar-refractivity contribution in [1.82, 2.24) is 9.55 Å². The molecule has 9 heteroatoms. The van der Waals surface area contributed by atoms with Gasteiger partial charge in [-0.05, 0) is 57.2 Å². The lowest BCUT2D eigenvalue weighted by molar-refractivity contribution is -0.137. The molecule has 0 aliphatic heterocycles. The minimum Gasteiger partial charge on any atom is -0.443 e. The number of halogens is 5. The van der Waals surface area contributed by atoms with Crippen molar-refractivity contribution >= 4 is 28.7 Å². The molecular formula is C19H15ClF4N2O2. The summed E-state index contributed by atoms with van der Waals surface area (Å²) < 4.78 is 60.3. The average molecular weight is 415 g/mol. The maximum absolute atomic E-state index is 13.5. The monoisotopic (exact) mass is 414 g/mol. The second kappa shape index (κ2) is 6.77. The third kappa shape index (κ3) is 3.96. The molecule has 0 aliphatic rings. The van der Waals surface area contributed by atoms with E-state index in [-0.39, 0.29) is 22.1 Å². The second-order valence-electron chi connectivity index (χ2n) is 7.08. The highest BCUT2D eigenvalue weighted by Crippen LogP contribution is 2.39. The topological polar surface area (TPSA) is 44.1 Å². The number of hydrogen-bond donors (Lipinski definition) is 0. The Morgan fingerprint density at radius 3 is 2.39 bits per heavy atom. The molecule has 0 spiro atoms. The van der Waals surface area contributed by atoms with Crippen LogP contribution in [0.4, 0.5) is 22.4 Å². The Bertz CT molecular complexity index is 1070. The van der Waals surface area contributed by atoms with E-state index in [1.54, 1.807) is 20.8 Å². The van der Waals surface area contributed by atoms with Gasteiger partial charge in [0.25, 0.3) is 0 Å². The second-order valence-corrected chi connectivity index (χ2v) is 7.47. The molecule has 1 aromatic carbocycles. The summed E-state index contributed by atoms with van der Waals surface area (Å²) in [6.07, 6.45) is -5.76. The van der Waals surface area contributed by atoms with Crippen molar-refractivity contribution in [2.45, 2.75) is 32.5 Å². The normalized spacial score (nSPS) is 12.4. The molecule has 0 unspecified atom stereocenters. The van der Waals surface area contributed by atoms with Crippen LogP contribution in [0.15, 0.2) is 36.4 Å². The molecule has 3 rings (SSSR count). The fourth-order valence-corrected chi connectivity index (χ4v) is 2.86. The highest BCUT2D eigenvalue weighted by molar-refractivity contribution is 6.29. The Hall–Kier alpha value is -2.61. The van der Waals surface area contributed by atoms with E-state index in [0.29, 0.717) is 11.5 Å². The van der Waals surface area contributed by atoms with Crippen LogP contribution >= 0.6 is 11.6 Å². The molecule has 0 amide bonds. The van der Waals surface area contributed by atoms with Gasteiger partial charge in [-0.3, -0.25) is 0 Å². The zero-order valence-corrected chi connectivity index (χ0v) is 15.8. The molecule has 0 radical (unpaired) electrons. The Morgan fingerprint density at radius 1 is 1.11 bits per heavy atom. The number of carbonyl (C=O) groups is 1. The van der Waals surface area contributed by atoms with Crippen molar-refractivity contribution in [3.63, 3.8) is 0 Å². The van der Waals surface area contributed by atoms with E-state index in [2.05, 4.69) is 4.98 Å². The van der Waals surface area contributed by atoms with Crippen LogP contribution < -0.4 is 0 Å². The summed E-state index contributed by atoms with van der Waals surface area (Å²) in [4.78, 5) is 16.8. The fraction of sp³-hybridized carbons (Fsp3) is 0.263. The van der Waals surface area contributed by atoms with Crippen molar-refractivity contribution in [1.29, 1.82) is 0 Å². The third-order valence-electron chi connectivity index (χ3n) is 3.76. The number of pyridine rings is 1. The van der Waals surface area contributed by atoms with Gasteiger partial charge in [-0.2, -0.15) is 13.2 Å². The van der Waals surface area contributed by atoms with Crippen LogP contribution in [0.3, 0.4) is 0 Å². The van der Waals surface area contributed by atoms with Crippen LogP contribution in [0.5, 0.6) is 0 Å². The molecule has 0 bridgehead atoms. The van der Waals surface area contributed by atoms with E-state index in [4.69, 9.17) is 16.3 Å². The van der Waals surface area contributed by atoms with Crippen LogP contribution in [0.2, 0.25) is 5.15 Å². The van der Waals surface area contributed by atoms with Crippen molar-refractivity contribution in [2.75, 3.05) is 0 Å². The van der Waals surface area contributed by atoms with Crippen LogP contribution in [-0.2, 0) is 10.9 Å². The molecule has 3 aromatic rings. The van der Waals surface area contributed by atoms with Crippen molar-refractivity contribution in [2.24, 2.45) is 0 Å². The van der Waals surface area contributed by atoms with Gasteiger partial charge in [-0.25, -0.2) is 18.7 Å². The molecule has 28 heavy (non-hydrogen) atoms. The van der Waals surface area contributed by atoms with Crippen LogP contribution in [0.1, 0.15) is 26.3 Å². The lowest BCUT2D eigenvalue weighted by atomic mass is 10.0. The maximum atomic E-state index is 13.5. The lowest BCUT2D eigenvalue weighted by Gasteiger charge is -2.21. The van der Waals surface area contributed by atoms with E-state index in [0.717, 1.165) is 16.7 Å². The van der Waals surface area contributed by atoms with Gasteiger partial charge in [-0.1, -0.05) is 11.6 Å². The van der Waals surface area contributed by atoms with Crippen LogP contribution in [0.25, 0.3) is 22.3 Å². The minimum absolute atomic E-state index is 0.0363. The molecule has 0 aliphatic carbocycles. The van der Waals surface area contributed by atoms with Gasteiger partial charge < -0.3 is 4.74 Å². The van der Waals surface area contributed by atoms with Gasteiger partial charge >= 0.3 is 12.3 Å². The molecule has 0 saturated carbocycles. The number of alkyl halides is 3. The minimum atomic E-state index is -4.84. The maximum Gasteiger partial charge on any atom is 0.420 e. The van der Waals surface area contributed by atoms with Crippen molar-refractivity contribution in [3.8, 4) is 11.3 Å². The number of carbonyl (C=O) groups excluding carboxylic acids is 1. The van der Waals surface area contributed by atoms with E-state index >= 15 is 0 Å². The summed E-state index contributed by atoms with van der Waals surface area (Å²) in [5.41, 5.74) is -2.60. The van der Waals surface area contributed by atoms with Crippen LogP contribution in [0, 0.1) is 5.82 Å². The highest BCUT2D eigenvalue weighted by atomic mass is 35.5. The van der Waals surface area contributed by atoms with Crippen molar-refractivity contribution in [3.05, 3.63) is 52.9 Å². The molecule has 0 N–H and O–H groups in total. The first kappa shape index (κ1) is 20.1. The number of nitrogens with zero attached hydrogens (tertiary/aromatic N) is 2. The summed E-state index contributed by atoms with van der Waals surface area (Å²) in [7, 11) is 0. The fourth-order valence-electron chi connectivity index (χ4n) is 2.72. The van der Waals surface area contributed by atoms with E-state index in [1.807, 2.05) is 0 Å². The quantitative estimate of drug-likeness (QED) is 0.347. The first-order chi connectivity index (χ1) is 12.9. The Labute approximate surface area is 162 Å². The van der Waals surface area contributed by atoms with Gasteiger partial charge in [-0.15, -0.1) is 0 Å². The number of benzene rings is 1. The predicted octanol–water partition coefficient (Wildman–Crippen LogP) is 6.30. The summed E-state index contributed by atoms with van der Waals surface area (Å²) >= 11 is 5.90. The molecule has 148 valence electrons. The zero-order chi connectivity index (χ0) is 20.9. The summed E-state index contributed by atoms with van der Waals surface area (Å²) in [5, 5.41) is 0.430. The predicted molar refractivity (Wildman–Crippen MR) is 96.8 cm³/mol. The lowest BCUT2D eigenvalue weighted by Crippen LogP contribution is -2.27. The Kier molecular flexibility index (Phi) is 4.87. The molecule has 0 fully saturated rings. The molecule has 0 atom stereocenters. The third-order valence-corrected chi connectivity index (χ3v) is 3.97. The standard InChI is InChI=1S/C19H15ClF4N2O2/c1-18(2,3)28-17(27)26-14(8-10-4-7-15(20)25-16(10)26)12-6-5-11(21)9-13(12)19(22,23)24/h4-9H,1-3H3. The largest absolute Gasteiger partial charge is 0.443 e. The van der Waals surface area contributed by atoms with Crippen LogP contribution in [-0.4, -0.2) is 21.2 Å². The number of aromatic nitrogens is 2. The molecular weight excluding hydrogens is 400 g/mol. The van der Waals surface area contributed by atoms with Crippen molar-refractivity contribution < 1.29 is 27.1 Å². The first-order valence-corrected chi connectivity index (χ1v) is 8.53. The molecule has 2 aromatic heterocycles.